The highest BCUT2D eigenvalue weighted by atomic mass is 19.1. The van der Waals surface area contributed by atoms with Gasteiger partial charge >= 0.3 is 0 Å². The number of hydrogen-bond acceptors (Lipinski definition) is 2. The van der Waals surface area contributed by atoms with Crippen LogP contribution in [-0.4, -0.2) is 44.3 Å². The van der Waals surface area contributed by atoms with Gasteiger partial charge in [-0.3, -0.25) is 4.39 Å². The van der Waals surface area contributed by atoms with Crippen LogP contribution in [0.1, 0.15) is 32.6 Å². The highest BCUT2D eigenvalue weighted by molar-refractivity contribution is 4.72. The Morgan fingerprint density at radius 1 is 1.27 bits per heavy atom. The maximum absolute atomic E-state index is 12.1. The fraction of sp³-hybridized carbons (Fsp3) is 1.00. The topological polar surface area (TPSA) is 15.3 Å². The smallest absolute Gasteiger partial charge is 0.0906 e. The number of rotatable bonds is 7. The number of alkyl halides is 1. The molecule has 1 N–H and O–H groups in total. The molecule has 0 aliphatic carbocycles. The van der Waals surface area contributed by atoms with Crippen LogP contribution in [-0.2, 0) is 0 Å². The van der Waals surface area contributed by atoms with Gasteiger partial charge in [-0.2, -0.15) is 0 Å². The lowest BCUT2D eigenvalue weighted by Crippen LogP contribution is -2.37. The van der Waals surface area contributed by atoms with Crippen LogP contribution >= 0.6 is 0 Å². The SMILES string of the molecule is CCCN(CCCF)CC1CCNCC1. The fourth-order valence-corrected chi connectivity index (χ4v) is 2.32. The lowest BCUT2D eigenvalue weighted by atomic mass is 9.97. The summed E-state index contributed by atoms with van der Waals surface area (Å²) in [7, 11) is 0. The third-order valence-corrected chi connectivity index (χ3v) is 3.12. The van der Waals surface area contributed by atoms with Crippen LogP contribution in [0.3, 0.4) is 0 Å². The van der Waals surface area contributed by atoms with E-state index < -0.39 is 0 Å². The molecule has 3 heteroatoms. The van der Waals surface area contributed by atoms with Gasteiger partial charge in [0.2, 0.25) is 0 Å². The first-order valence-corrected chi connectivity index (χ1v) is 6.35. The van der Waals surface area contributed by atoms with E-state index in [0.717, 1.165) is 32.1 Å². The molecule has 0 saturated carbocycles. The van der Waals surface area contributed by atoms with Crippen LogP contribution in [0.15, 0.2) is 0 Å². The van der Waals surface area contributed by atoms with E-state index in [-0.39, 0.29) is 6.67 Å². The molecule has 1 fully saturated rings. The van der Waals surface area contributed by atoms with Crippen molar-refractivity contribution in [3.8, 4) is 0 Å². The summed E-state index contributed by atoms with van der Waals surface area (Å²) in [6, 6.07) is 0. The molecule has 1 aliphatic rings. The molecule has 1 saturated heterocycles. The van der Waals surface area contributed by atoms with Gasteiger partial charge in [0.25, 0.3) is 0 Å². The third-order valence-electron chi connectivity index (χ3n) is 3.12. The van der Waals surface area contributed by atoms with Gasteiger partial charge in [-0.05, 0) is 51.2 Å². The molecule has 90 valence electrons. The van der Waals surface area contributed by atoms with Crippen LogP contribution in [0, 0.1) is 5.92 Å². The maximum atomic E-state index is 12.1. The first kappa shape index (κ1) is 12.9. The highest BCUT2D eigenvalue weighted by Gasteiger charge is 2.16. The van der Waals surface area contributed by atoms with E-state index in [9.17, 15) is 4.39 Å². The van der Waals surface area contributed by atoms with Crippen molar-refractivity contribution in [2.24, 2.45) is 5.92 Å². The van der Waals surface area contributed by atoms with Gasteiger partial charge in [-0.25, -0.2) is 0 Å². The van der Waals surface area contributed by atoms with Gasteiger partial charge in [0, 0.05) is 13.1 Å². The van der Waals surface area contributed by atoms with Crippen molar-refractivity contribution in [2.45, 2.75) is 32.6 Å². The Balaban J connectivity index is 2.21. The quantitative estimate of drug-likeness (QED) is 0.701. The maximum Gasteiger partial charge on any atom is 0.0906 e. The fourth-order valence-electron chi connectivity index (χ4n) is 2.32. The predicted molar refractivity (Wildman–Crippen MR) is 62.9 cm³/mol. The second-order valence-electron chi connectivity index (χ2n) is 4.54. The molecule has 0 spiro atoms. The van der Waals surface area contributed by atoms with Crippen LogP contribution in [0.5, 0.6) is 0 Å². The Bertz CT molecular complexity index is 147. The van der Waals surface area contributed by atoms with Crippen molar-refractivity contribution in [3.05, 3.63) is 0 Å². The number of nitrogens with one attached hydrogen (secondary N) is 1. The summed E-state index contributed by atoms with van der Waals surface area (Å²) in [6.07, 6.45) is 4.45. The predicted octanol–water partition coefficient (Wildman–Crippen LogP) is 2.06. The van der Waals surface area contributed by atoms with E-state index >= 15 is 0 Å². The number of hydrogen-bond donors (Lipinski definition) is 1. The van der Waals surface area contributed by atoms with Gasteiger partial charge < -0.3 is 10.2 Å². The molecule has 0 amide bonds. The Hall–Kier alpha value is -0.150. The highest BCUT2D eigenvalue weighted by Crippen LogP contribution is 2.13. The molecule has 0 atom stereocenters. The van der Waals surface area contributed by atoms with Gasteiger partial charge in [-0.15, -0.1) is 0 Å². The molecule has 0 aromatic carbocycles. The monoisotopic (exact) mass is 216 g/mol. The largest absolute Gasteiger partial charge is 0.317 e. The van der Waals surface area contributed by atoms with Crippen molar-refractivity contribution >= 4 is 0 Å². The molecule has 0 aromatic heterocycles. The molecule has 1 aliphatic heterocycles. The standard InChI is InChI=1S/C12H25FN2/c1-2-9-15(10-3-6-13)11-12-4-7-14-8-5-12/h12,14H,2-11H2,1H3. The molecule has 1 heterocycles. The second kappa shape index (κ2) is 8.05. The summed E-state index contributed by atoms with van der Waals surface area (Å²) in [5, 5.41) is 3.38. The van der Waals surface area contributed by atoms with E-state index in [1.54, 1.807) is 0 Å². The number of piperidine rings is 1. The van der Waals surface area contributed by atoms with Crippen molar-refractivity contribution in [2.75, 3.05) is 39.4 Å². The van der Waals surface area contributed by atoms with E-state index in [2.05, 4.69) is 17.1 Å². The first-order valence-electron chi connectivity index (χ1n) is 6.35. The summed E-state index contributed by atoms with van der Waals surface area (Å²) in [5.41, 5.74) is 0. The lowest BCUT2D eigenvalue weighted by Gasteiger charge is -2.29. The summed E-state index contributed by atoms with van der Waals surface area (Å²) in [5.74, 6) is 0.831. The van der Waals surface area contributed by atoms with Gasteiger partial charge in [0.05, 0.1) is 6.67 Å². The summed E-state index contributed by atoms with van der Waals surface area (Å²) < 4.78 is 12.1. The zero-order valence-corrected chi connectivity index (χ0v) is 9.97. The summed E-state index contributed by atoms with van der Waals surface area (Å²) in [4.78, 5) is 2.44. The van der Waals surface area contributed by atoms with E-state index in [1.165, 1.54) is 25.8 Å². The molecule has 0 radical (unpaired) electrons. The van der Waals surface area contributed by atoms with Crippen molar-refractivity contribution < 1.29 is 4.39 Å². The van der Waals surface area contributed by atoms with Gasteiger partial charge in [-0.1, -0.05) is 6.92 Å². The average molecular weight is 216 g/mol. The lowest BCUT2D eigenvalue weighted by molar-refractivity contribution is 0.198. The van der Waals surface area contributed by atoms with Crippen LogP contribution in [0.4, 0.5) is 4.39 Å². The van der Waals surface area contributed by atoms with Crippen molar-refractivity contribution in [1.82, 2.24) is 10.2 Å². The van der Waals surface area contributed by atoms with Crippen molar-refractivity contribution in [3.63, 3.8) is 0 Å². The average Bonchev–Trinajstić information content (AvgIpc) is 2.28. The molecule has 1 rings (SSSR count). The number of nitrogens with zero attached hydrogens (tertiary/aromatic N) is 1. The Morgan fingerprint density at radius 3 is 2.60 bits per heavy atom. The molecule has 0 unspecified atom stereocenters. The van der Waals surface area contributed by atoms with E-state index in [1.807, 2.05) is 0 Å². The first-order chi connectivity index (χ1) is 7.36. The van der Waals surface area contributed by atoms with Crippen LogP contribution in [0.2, 0.25) is 0 Å². The normalized spacial score (nSPS) is 18.6. The summed E-state index contributed by atoms with van der Waals surface area (Å²) >= 11 is 0. The minimum atomic E-state index is -0.174. The summed E-state index contributed by atoms with van der Waals surface area (Å²) in [6.45, 7) is 7.59. The molecular formula is C12H25FN2. The Kier molecular flexibility index (Phi) is 6.94. The molecule has 15 heavy (non-hydrogen) atoms. The molecule has 0 aromatic rings. The third kappa shape index (κ3) is 5.47. The van der Waals surface area contributed by atoms with E-state index in [0.29, 0.717) is 6.42 Å². The van der Waals surface area contributed by atoms with Crippen LogP contribution in [0.25, 0.3) is 0 Å². The molecule has 2 nitrogen and oxygen atoms in total. The number of halogens is 1. The van der Waals surface area contributed by atoms with Crippen molar-refractivity contribution in [1.29, 1.82) is 0 Å². The zero-order chi connectivity index (χ0) is 10.9. The van der Waals surface area contributed by atoms with Gasteiger partial charge in [0.15, 0.2) is 0 Å². The van der Waals surface area contributed by atoms with Crippen LogP contribution < -0.4 is 5.32 Å². The Morgan fingerprint density at radius 2 is 2.00 bits per heavy atom. The second-order valence-corrected chi connectivity index (χ2v) is 4.54. The van der Waals surface area contributed by atoms with Gasteiger partial charge in [0.1, 0.15) is 0 Å². The van der Waals surface area contributed by atoms with E-state index in [4.69, 9.17) is 0 Å². The zero-order valence-electron chi connectivity index (χ0n) is 9.97. The minimum Gasteiger partial charge on any atom is -0.317 e. The minimum absolute atomic E-state index is 0.174. The molecule has 0 bridgehead atoms. The Labute approximate surface area is 93.2 Å². The molecular weight excluding hydrogens is 191 g/mol.